The molecule has 98 valence electrons. The zero-order valence-corrected chi connectivity index (χ0v) is 10.9. The number of carbonyl (C=O) groups is 1. The Morgan fingerprint density at radius 3 is 2.56 bits per heavy atom. The third-order valence-corrected chi connectivity index (χ3v) is 3.73. The minimum atomic E-state index is -0.447. The van der Waals surface area contributed by atoms with E-state index in [0.29, 0.717) is 0 Å². The van der Waals surface area contributed by atoms with Gasteiger partial charge in [0.05, 0.1) is 12.1 Å². The zero-order chi connectivity index (χ0) is 13.0. The molecule has 1 aromatic rings. The number of amides is 1. The van der Waals surface area contributed by atoms with E-state index in [0.717, 1.165) is 12.3 Å². The van der Waals surface area contributed by atoms with Crippen LogP contribution in [0.1, 0.15) is 44.2 Å². The molecule has 1 fully saturated rings. The highest BCUT2D eigenvalue weighted by Crippen LogP contribution is 2.34. The van der Waals surface area contributed by atoms with Gasteiger partial charge < -0.3 is 11.1 Å². The Morgan fingerprint density at radius 2 is 2.06 bits per heavy atom. The van der Waals surface area contributed by atoms with Gasteiger partial charge in [0, 0.05) is 0 Å². The van der Waals surface area contributed by atoms with Crippen LogP contribution in [0.5, 0.6) is 0 Å². The highest BCUT2D eigenvalue weighted by atomic mass is 16.2. The monoisotopic (exact) mass is 246 g/mol. The lowest BCUT2D eigenvalue weighted by Gasteiger charge is -2.30. The summed E-state index contributed by atoms with van der Waals surface area (Å²) < 4.78 is 0. The Labute approximate surface area is 109 Å². The standard InChI is InChI=1S/C15H22N2O/c1-11(16)15(18)17-14(10-12-6-5-7-12)13-8-3-2-4-9-13/h2-4,8-9,11-12,14H,5-7,10,16H2,1H3,(H,17,18). The van der Waals surface area contributed by atoms with Crippen molar-refractivity contribution in [3.63, 3.8) is 0 Å². The van der Waals surface area contributed by atoms with Crippen LogP contribution >= 0.6 is 0 Å². The molecule has 18 heavy (non-hydrogen) atoms. The van der Waals surface area contributed by atoms with Gasteiger partial charge in [-0.3, -0.25) is 4.79 Å². The van der Waals surface area contributed by atoms with E-state index in [1.54, 1.807) is 6.92 Å². The molecule has 0 spiro atoms. The molecular weight excluding hydrogens is 224 g/mol. The van der Waals surface area contributed by atoms with Crippen molar-refractivity contribution >= 4 is 5.91 Å². The molecule has 0 radical (unpaired) electrons. The predicted molar refractivity (Wildman–Crippen MR) is 72.9 cm³/mol. The second kappa shape index (κ2) is 6.01. The number of hydrogen-bond acceptors (Lipinski definition) is 2. The summed E-state index contributed by atoms with van der Waals surface area (Å²) in [4.78, 5) is 11.8. The topological polar surface area (TPSA) is 55.1 Å². The quantitative estimate of drug-likeness (QED) is 0.838. The SMILES string of the molecule is CC(N)C(=O)NC(CC1CCC1)c1ccccc1. The molecular formula is C15H22N2O. The van der Waals surface area contributed by atoms with Crippen LogP contribution in [0.4, 0.5) is 0 Å². The van der Waals surface area contributed by atoms with E-state index in [-0.39, 0.29) is 11.9 Å². The number of carbonyl (C=O) groups excluding carboxylic acids is 1. The first-order valence-corrected chi connectivity index (χ1v) is 6.77. The largest absolute Gasteiger partial charge is 0.348 e. The maximum Gasteiger partial charge on any atom is 0.237 e. The third-order valence-electron chi connectivity index (χ3n) is 3.73. The van der Waals surface area contributed by atoms with Crippen LogP contribution in [-0.2, 0) is 4.79 Å². The molecule has 2 atom stereocenters. The number of nitrogens with two attached hydrogens (primary N) is 1. The van der Waals surface area contributed by atoms with Crippen LogP contribution in [0.3, 0.4) is 0 Å². The van der Waals surface area contributed by atoms with Gasteiger partial charge in [-0.15, -0.1) is 0 Å². The maximum atomic E-state index is 11.8. The molecule has 2 rings (SSSR count). The minimum Gasteiger partial charge on any atom is -0.348 e. The van der Waals surface area contributed by atoms with Crippen molar-refractivity contribution in [3.05, 3.63) is 35.9 Å². The molecule has 1 aliphatic rings. The fourth-order valence-electron chi connectivity index (χ4n) is 2.33. The number of benzene rings is 1. The molecule has 2 unspecified atom stereocenters. The molecule has 1 saturated carbocycles. The van der Waals surface area contributed by atoms with E-state index < -0.39 is 6.04 Å². The van der Waals surface area contributed by atoms with Crippen molar-refractivity contribution in [2.45, 2.75) is 44.7 Å². The predicted octanol–water partition coefficient (Wildman–Crippen LogP) is 2.38. The van der Waals surface area contributed by atoms with Crippen LogP contribution < -0.4 is 11.1 Å². The second-order valence-electron chi connectivity index (χ2n) is 5.29. The van der Waals surface area contributed by atoms with Crippen LogP contribution in [-0.4, -0.2) is 11.9 Å². The van der Waals surface area contributed by atoms with Crippen molar-refractivity contribution in [1.82, 2.24) is 5.32 Å². The Balaban J connectivity index is 2.04. The minimum absolute atomic E-state index is 0.0665. The van der Waals surface area contributed by atoms with E-state index in [9.17, 15) is 4.79 Å². The summed E-state index contributed by atoms with van der Waals surface area (Å²) in [6.07, 6.45) is 4.94. The van der Waals surface area contributed by atoms with Gasteiger partial charge in [0.1, 0.15) is 0 Å². The highest BCUT2D eigenvalue weighted by molar-refractivity contribution is 5.81. The van der Waals surface area contributed by atoms with Gasteiger partial charge in [0.25, 0.3) is 0 Å². The highest BCUT2D eigenvalue weighted by Gasteiger charge is 2.24. The van der Waals surface area contributed by atoms with Gasteiger partial charge in [0.15, 0.2) is 0 Å². The smallest absolute Gasteiger partial charge is 0.237 e. The van der Waals surface area contributed by atoms with Crippen LogP contribution in [0.2, 0.25) is 0 Å². The lowest BCUT2D eigenvalue weighted by Crippen LogP contribution is -2.41. The summed E-state index contributed by atoms with van der Waals surface area (Å²) in [5.74, 6) is 0.687. The van der Waals surface area contributed by atoms with Gasteiger partial charge in [-0.1, -0.05) is 49.6 Å². The van der Waals surface area contributed by atoms with E-state index in [4.69, 9.17) is 5.73 Å². The number of nitrogens with one attached hydrogen (secondary N) is 1. The van der Waals surface area contributed by atoms with E-state index in [1.807, 2.05) is 18.2 Å². The summed E-state index contributed by atoms with van der Waals surface area (Å²) >= 11 is 0. The molecule has 0 bridgehead atoms. The molecule has 3 heteroatoms. The number of rotatable bonds is 5. The van der Waals surface area contributed by atoms with Crippen molar-refractivity contribution in [2.24, 2.45) is 11.7 Å². The second-order valence-corrected chi connectivity index (χ2v) is 5.29. The Bertz CT molecular complexity index is 385. The average Bonchev–Trinajstić information content (AvgIpc) is 2.32. The summed E-state index contributed by atoms with van der Waals surface area (Å²) in [5, 5.41) is 3.07. The summed E-state index contributed by atoms with van der Waals surface area (Å²) in [6.45, 7) is 1.72. The van der Waals surface area contributed by atoms with Crippen LogP contribution in [0.25, 0.3) is 0 Å². The first-order valence-electron chi connectivity index (χ1n) is 6.77. The van der Waals surface area contributed by atoms with Gasteiger partial charge in [-0.25, -0.2) is 0 Å². The maximum absolute atomic E-state index is 11.8. The first kappa shape index (κ1) is 13.1. The molecule has 1 aliphatic carbocycles. The van der Waals surface area contributed by atoms with Crippen LogP contribution in [0.15, 0.2) is 30.3 Å². The van der Waals surface area contributed by atoms with Crippen molar-refractivity contribution in [3.8, 4) is 0 Å². The summed E-state index contributed by atoms with van der Waals surface area (Å²) in [6, 6.07) is 9.84. The van der Waals surface area contributed by atoms with Crippen molar-refractivity contribution in [2.75, 3.05) is 0 Å². The van der Waals surface area contributed by atoms with Gasteiger partial charge in [-0.05, 0) is 24.8 Å². The van der Waals surface area contributed by atoms with Gasteiger partial charge >= 0.3 is 0 Å². The fourth-order valence-corrected chi connectivity index (χ4v) is 2.33. The molecule has 0 aromatic heterocycles. The molecule has 3 N–H and O–H groups in total. The number of hydrogen-bond donors (Lipinski definition) is 2. The molecule has 1 amide bonds. The van der Waals surface area contributed by atoms with E-state index >= 15 is 0 Å². The molecule has 3 nitrogen and oxygen atoms in total. The Hall–Kier alpha value is -1.35. The molecule has 1 aromatic carbocycles. The normalized spacial score (nSPS) is 18.8. The Morgan fingerprint density at radius 1 is 1.39 bits per heavy atom. The zero-order valence-electron chi connectivity index (χ0n) is 10.9. The van der Waals surface area contributed by atoms with E-state index in [1.165, 1.54) is 24.8 Å². The van der Waals surface area contributed by atoms with Crippen LogP contribution in [0, 0.1) is 5.92 Å². The Kier molecular flexibility index (Phi) is 4.37. The molecule has 0 heterocycles. The summed E-state index contributed by atoms with van der Waals surface area (Å²) in [7, 11) is 0. The summed E-state index contributed by atoms with van der Waals surface area (Å²) in [5.41, 5.74) is 6.81. The fraction of sp³-hybridized carbons (Fsp3) is 0.533. The van der Waals surface area contributed by atoms with Crippen molar-refractivity contribution < 1.29 is 4.79 Å². The third kappa shape index (κ3) is 3.33. The molecule has 0 aliphatic heterocycles. The van der Waals surface area contributed by atoms with E-state index in [2.05, 4.69) is 17.4 Å². The van der Waals surface area contributed by atoms with Gasteiger partial charge in [0.2, 0.25) is 5.91 Å². The van der Waals surface area contributed by atoms with Crippen molar-refractivity contribution in [1.29, 1.82) is 0 Å². The first-order chi connectivity index (χ1) is 8.66. The molecule has 0 saturated heterocycles. The lowest BCUT2D eigenvalue weighted by molar-refractivity contribution is -0.122. The average molecular weight is 246 g/mol. The van der Waals surface area contributed by atoms with Gasteiger partial charge in [-0.2, -0.15) is 0 Å². The lowest BCUT2D eigenvalue weighted by atomic mass is 9.79.